The van der Waals surface area contributed by atoms with Crippen LogP contribution in [0, 0.1) is 0 Å². The number of hydrogen-bond acceptors (Lipinski definition) is 2. The molecule has 0 spiro atoms. The van der Waals surface area contributed by atoms with Gasteiger partial charge in [0.25, 0.3) is 0 Å². The number of para-hydroxylation sites is 4. The predicted octanol–water partition coefficient (Wildman–Crippen LogP) is 12.5. The monoisotopic (exact) mass is 641 g/mol. The van der Waals surface area contributed by atoms with Crippen molar-refractivity contribution in [2.24, 2.45) is 0 Å². The fourth-order valence-corrected chi connectivity index (χ4v) is 9.20. The van der Waals surface area contributed by atoms with Crippen LogP contribution >= 0.6 is 11.3 Å². The van der Waals surface area contributed by atoms with Crippen molar-refractivity contribution in [3.05, 3.63) is 164 Å². The predicted molar refractivity (Wildman–Crippen MR) is 209 cm³/mol. The van der Waals surface area contributed by atoms with Gasteiger partial charge in [-0.25, -0.2) is 4.98 Å². The van der Waals surface area contributed by atoms with E-state index in [1.165, 1.54) is 69.2 Å². The Labute approximate surface area is 285 Å². The van der Waals surface area contributed by atoms with Gasteiger partial charge in [-0.2, -0.15) is 0 Å². The van der Waals surface area contributed by atoms with E-state index in [9.17, 15) is 0 Å². The van der Waals surface area contributed by atoms with Gasteiger partial charge in [0, 0.05) is 64.0 Å². The number of pyridine rings is 1. The molecule has 0 amide bonds. The van der Waals surface area contributed by atoms with Gasteiger partial charge in [0.15, 0.2) is 0 Å². The second-order valence-electron chi connectivity index (χ2n) is 12.8. The average Bonchev–Trinajstić information content (AvgIpc) is 3.83. The minimum absolute atomic E-state index is 1.03. The van der Waals surface area contributed by atoms with Gasteiger partial charge in [-0.3, -0.25) is 0 Å². The summed E-state index contributed by atoms with van der Waals surface area (Å²) in [6, 6.07) is 59.3. The Morgan fingerprint density at radius 1 is 0.408 bits per heavy atom. The molecule has 0 bridgehead atoms. The van der Waals surface area contributed by atoms with Crippen LogP contribution in [0.2, 0.25) is 0 Å². The molecule has 49 heavy (non-hydrogen) atoms. The van der Waals surface area contributed by atoms with Gasteiger partial charge < -0.3 is 9.13 Å². The SMILES string of the molecule is c1ccc2c(c1)nc(-c1ccc(-n3c4ccccc4c4cc(-n5c6ccccc6c6ccccc65)ccc43)cc1)c1c3ccccc3sc21. The number of rotatable bonds is 3. The van der Waals surface area contributed by atoms with Gasteiger partial charge in [-0.05, 0) is 60.7 Å². The Bertz CT molecular complexity index is 3050. The van der Waals surface area contributed by atoms with Gasteiger partial charge in [0.05, 0.1) is 33.3 Å². The molecule has 0 radical (unpaired) electrons. The molecule has 11 aromatic rings. The highest BCUT2D eigenvalue weighted by Gasteiger charge is 2.18. The molecule has 0 aliphatic rings. The smallest absolute Gasteiger partial charge is 0.0802 e. The van der Waals surface area contributed by atoms with E-state index in [1.54, 1.807) is 0 Å². The van der Waals surface area contributed by atoms with E-state index < -0.39 is 0 Å². The van der Waals surface area contributed by atoms with Crippen molar-refractivity contribution in [3.63, 3.8) is 0 Å². The van der Waals surface area contributed by atoms with E-state index in [1.807, 2.05) is 11.3 Å². The maximum Gasteiger partial charge on any atom is 0.0802 e. The lowest BCUT2D eigenvalue weighted by Crippen LogP contribution is -1.96. The van der Waals surface area contributed by atoms with Crippen molar-refractivity contribution in [3.8, 4) is 22.6 Å². The van der Waals surface area contributed by atoms with Crippen molar-refractivity contribution in [2.75, 3.05) is 0 Å². The first-order chi connectivity index (χ1) is 24.3. The highest BCUT2D eigenvalue weighted by atomic mass is 32.1. The minimum atomic E-state index is 1.03. The second-order valence-corrected chi connectivity index (χ2v) is 13.8. The van der Waals surface area contributed by atoms with Crippen molar-refractivity contribution >= 4 is 86.0 Å². The molecular weight excluding hydrogens is 615 g/mol. The summed E-state index contributed by atoms with van der Waals surface area (Å²) in [7, 11) is 0. The zero-order valence-electron chi connectivity index (χ0n) is 26.3. The van der Waals surface area contributed by atoms with E-state index in [4.69, 9.17) is 4.98 Å². The van der Waals surface area contributed by atoms with E-state index in [0.29, 0.717) is 0 Å². The Morgan fingerprint density at radius 2 is 0.918 bits per heavy atom. The topological polar surface area (TPSA) is 22.8 Å². The number of benzene rings is 7. The minimum Gasteiger partial charge on any atom is -0.309 e. The fraction of sp³-hybridized carbons (Fsp3) is 0. The highest BCUT2D eigenvalue weighted by molar-refractivity contribution is 7.26. The summed E-state index contributed by atoms with van der Waals surface area (Å²) in [6.45, 7) is 0. The molecular formula is C45H27N3S. The van der Waals surface area contributed by atoms with Crippen LogP contribution in [-0.4, -0.2) is 14.1 Å². The lowest BCUT2D eigenvalue weighted by Gasteiger charge is -2.12. The summed E-state index contributed by atoms with van der Waals surface area (Å²) in [5.41, 5.74) is 10.3. The van der Waals surface area contributed by atoms with Crippen molar-refractivity contribution < 1.29 is 0 Å². The molecule has 0 saturated carbocycles. The third-order valence-electron chi connectivity index (χ3n) is 10.1. The van der Waals surface area contributed by atoms with Gasteiger partial charge in [0.2, 0.25) is 0 Å². The number of thiophene rings is 1. The molecule has 4 heterocycles. The Morgan fingerprint density at radius 3 is 1.61 bits per heavy atom. The third-order valence-corrected chi connectivity index (χ3v) is 11.3. The first-order valence-electron chi connectivity index (χ1n) is 16.6. The normalized spacial score (nSPS) is 12.1. The quantitative estimate of drug-likeness (QED) is 0.188. The van der Waals surface area contributed by atoms with Crippen LogP contribution in [0.25, 0.3) is 97.3 Å². The molecule has 0 saturated heterocycles. The summed E-state index contributed by atoms with van der Waals surface area (Å²) in [5.74, 6) is 0. The number of hydrogen-bond donors (Lipinski definition) is 0. The summed E-state index contributed by atoms with van der Waals surface area (Å²) in [6.07, 6.45) is 0. The first kappa shape index (κ1) is 26.8. The molecule has 7 aromatic carbocycles. The molecule has 0 atom stereocenters. The summed E-state index contributed by atoms with van der Waals surface area (Å²) in [5, 5.41) is 8.74. The lowest BCUT2D eigenvalue weighted by molar-refractivity contribution is 1.16. The van der Waals surface area contributed by atoms with Crippen LogP contribution in [0.15, 0.2) is 164 Å². The van der Waals surface area contributed by atoms with Crippen LogP contribution in [0.1, 0.15) is 0 Å². The number of aromatic nitrogens is 3. The van der Waals surface area contributed by atoms with E-state index >= 15 is 0 Å². The van der Waals surface area contributed by atoms with Gasteiger partial charge in [0.1, 0.15) is 0 Å². The standard InChI is InChI=1S/C45H27N3S/c1-6-16-37-34(14-1)45-43(35-15-5-10-20-42(35)49-45)44(46-37)28-21-23-29(24-22-28)47-40-19-9-4-13-33(40)36-27-30(25-26-41(36)47)48-38-17-7-2-11-31(38)32-12-3-8-18-39(32)48/h1-27H. The average molecular weight is 642 g/mol. The van der Waals surface area contributed by atoms with Crippen LogP contribution in [0.5, 0.6) is 0 Å². The Balaban J connectivity index is 1.10. The Hall–Kier alpha value is -6.23. The second kappa shape index (κ2) is 10.1. The van der Waals surface area contributed by atoms with Crippen molar-refractivity contribution in [1.82, 2.24) is 14.1 Å². The highest BCUT2D eigenvalue weighted by Crippen LogP contribution is 2.43. The molecule has 0 fully saturated rings. The molecule has 0 aliphatic carbocycles. The molecule has 4 aromatic heterocycles. The van der Waals surface area contributed by atoms with Crippen LogP contribution in [-0.2, 0) is 0 Å². The van der Waals surface area contributed by atoms with Crippen LogP contribution in [0.3, 0.4) is 0 Å². The molecule has 228 valence electrons. The third kappa shape index (κ3) is 3.80. The van der Waals surface area contributed by atoms with Gasteiger partial charge >= 0.3 is 0 Å². The maximum atomic E-state index is 5.26. The Kier molecular flexibility index (Phi) is 5.54. The molecule has 0 N–H and O–H groups in total. The molecule has 0 unspecified atom stereocenters. The van der Waals surface area contributed by atoms with Crippen LogP contribution < -0.4 is 0 Å². The maximum absolute atomic E-state index is 5.26. The molecule has 3 nitrogen and oxygen atoms in total. The largest absolute Gasteiger partial charge is 0.309 e. The van der Waals surface area contributed by atoms with Gasteiger partial charge in [-0.1, -0.05) is 103 Å². The zero-order valence-corrected chi connectivity index (χ0v) is 27.2. The first-order valence-corrected chi connectivity index (χ1v) is 17.5. The summed E-state index contributed by atoms with van der Waals surface area (Å²) < 4.78 is 7.38. The number of nitrogens with zero attached hydrogens (tertiary/aromatic N) is 3. The lowest BCUT2D eigenvalue weighted by atomic mass is 10.0. The van der Waals surface area contributed by atoms with E-state index in [0.717, 1.165) is 28.1 Å². The van der Waals surface area contributed by atoms with E-state index in [2.05, 4.69) is 173 Å². The number of fused-ring (bicyclic) bond motifs is 11. The van der Waals surface area contributed by atoms with Crippen molar-refractivity contribution in [2.45, 2.75) is 0 Å². The van der Waals surface area contributed by atoms with Crippen molar-refractivity contribution in [1.29, 1.82) is 0 Å². The summed E-state index contributed by atoms with van der Waals surface area (Å²) in [4.78, 5) is 5.26. The molecule has 4 heteroatoms. The molecule has 11 rings (SSSR count). The fourth-order valence-electron chi connectivity index (χ4n) is 7.97. The van der Waals surface area contributed by atoms with E-state index in [-0.39, 0.29) is 0 Å². The molecule has 0 aliphatic heterocycles. The van der Waals surface area contributed by atoms with Gasteiger partial charge in [-0.15, -0.1) is 11.3 Å². The van der Waals surface area contributed by atoms with Crippen LogP contribution in [0.4, 0.5) is 0 Å². The summed E-state index contributed by atoms with van der Waals surface area (Å²) >= 11 is 1.86. The zero-order chi connectivity index (χ0) is 32.1.